The Balaban J connectivity index is 2.67. The second kappa shape index (κ2) is 6.89. The second-order valence-electron chi connectivity index (χ2n) is 4.18. The minimum atomic E-state index is -0.0383. The number of hydrogen-bond donors (Lipinski definition) is 2. The van der Waals surface area contributed by atoms with E-state index in [1.54, 1.807) is 18.5 Å². The minimum absolute atomic E-state index is 0.0383. The van der Waals surface area contributed by atoms with Crippen LogP contribution in [0.1, 0.15) is 37.6 Å². The Kier molecular flexibility index (Phi) is 5.46. The molecule has 0 aromatic carbocycles. The number of anilines is 1. The number of amides is 1. The Morgan fingerprint density at radius 3 is 2.88 bits per heavy atom. The molecule has 4 nitrogen and oxygen atoms in total. The monoisotopic (exact) mass is 235 g/mol. The maximum Gasteiger partial charge on any atom is 0.253 e. The number of carbonyl (C=O) groups is 1. The first-order chi connectivity index (χ1) is 8.19. The van der Waals surface area contributed by atoms with Crippen LogP contribution in [0.5, 0.6) is 0 Å². The van der Waals surface area contributed by atoms with Crippen molar-refractivity contribution < 1.29 is 4.79 Å². The summed E-state index contributed by atoms with van der Waals surface area (Å²) in [5.41, 5.74) is 1.45. The molecule has 0 aliphatic rings. The summed E-state index contributed by atoms with van der Waals surface area (Å²) in [7, 11) is 0. The molecule has 4 heteroatoms. The molecule has 1 aromatic rings. The van der Waals surface area contributed by atoms with E-state index in [1.165, 1.54) is 0 Å². The quantitative estimate of drug-likeness (QED) is 0.795. The van der Waals surface area contributed by atoms with Crippen molar-refractivity contribution in [1.82, 2.24) is 10.3 Å². The third-order valence-electron chi connectivity index (χ3n) is 2.74. The first kappa shape index (κ1) is 13.5. The van der Waals surface area contributed by atoms with Gasteiger partial charge in [0.15, 0.2) is 0 Å². The lowest BCUT2D eigenvalue weighted by Crippen LogP contribution is -2.28. The van der Waals surface area contributed by atoms with Gasteiger partial charge in [0, 0.05) is 19.3 Å². The lowest BCUT2D eigenvalue weighted by atomic mass is 10.1. The fourth-order valence-corrected chi connectivity index (χ4v) is 1.43. The number of nitrogens with zero attached hydrogens (tertiary/aromatic N) is 1. The van der Waals surface area contributed by atoms with E-state index in [-0.39, 0.29) is 5.91 Å². The molecular formula is C13H21N3O. The summed E-state index contributed by atoms with van der Waals surface area (Å²) < 4.78 is 0. The molecule has 2 N–H and O–H groups in total. The molecule has 0 aliphatic carbocycles. The summed E-state index contributed by atoms with van der Waals surface area (Å²) in [6, 6.07) is 1.74. The van der Waals surface area contributed by atoms with Crippen molar-refractivity contribution in [2.45, 2.75) is 27.2 Å². The summed E-state index contributed by atoms with van der Waals surface area (Å²) in [6.45, 7) is 7.72. The van der Waals surface area contributed by atoms with Gasteiger partial charge in [0.2, 0.25) is 0 Å². The molecule has 1 rings (SSSR count). The third kappa shape index (κ3) is 4.06. The van der Waals surface area contributed by atoms with Gasteiger partial charge < -0.3 is 10.6 Å². The van der Waals surface area contributed by atoms with Gasteiger partial charge >= 0.3 is 0 Å². The van der Waals surface area contributed by atoms with Crippen molar-refractivity contribution in [3.63, 3.8) is 0 Å². The molecule has 1 amide bonds. The first-order valence-corrected chi connectivity index (χ1v) is 6.15. The van der Waals surface area contributed by atoms with Crippen molar-refractivity contribution in [2.75, 3.05) is 18.4 Å². The maximum absolute atomic E-state index is 12.0. The maximum atomic E-state index is 12.0. The Morgan fingerprint density at radius 1 is 1.47 bits per heavy atom. The fourth-order valence-electron chi connectivity index (χ4n) is 1.43. The van der Waals surface area contributed by atoms with Crippen LogP contribution in [-0.2, 0) is 0 Å². The van der Waals surface area contributed by atoms with E-state index in [0.29, 0.717) is 18.0 Å². The highest BCUT2D eigenvalue weighted by Gasteiger charge is 2.11. The average molecular weight is 235 g/mol. The molecule has 0 saturated carbocycles. The van der Waals surface area contributed by atoms with Crippen LogP contribution in [0, 0.1) is 5.92 Å². The van der Waals surface area contributed by atoms with Gasteiger partial charge in [-0.1, -0.05) is 20.3 Å². The Bertz CT molecular complexity index is 365. The van der Waals surface area contributed by atoms with Crippen LogP contribution in [-0.4, -0.2) is 24.0 Å². The Labute approximate surface area is 103 Å². The van der Waals surface area contributed by atoms with Crippen LogP contribution >= 0.6 is 0 Å². The number of rotatable bonds is 6. The Morgan fingerprint density at radius 2 is 2.24 bits per heavy atom. The summed E-state index contributed by atoms with van der Waals surface area (Å²) >= 11 is 0. The van der Waals surface area contributed by atoms with Crippen molar-refractivity contribution in [3.8, 4) is 0 Å². The summed E-state index contributed by atoms with van der Waals surface area (Å²) in [5, 5.41) is 6.08. The highest BCUT2D eigenvalue weighted by Crippen LogP contribution is 2.13. The molecule has 0 bridgehead atoms. The Hall–Kier alpha value is -1.58. The number of pyridine rings is 1. The number of nitrogens with one attached hydrogen (secondary N) is 2. The molecule has 1 atom stereocenters. The normalized spacial score (nSPS) is 11.9. The van der Waals surface area contributed by atoms with E-state index in [2.05, 4.69) is 29.5 Å². The zero-order valence-electron chi connectivity index (χ0n) is 10.8. The molecule has 1 unspecified atom stereocenters. The zero-order valence-corrected chi connectivity index (χ0v) is 10.8. The summed E-state index contributed by atoms with van der Waals surface area (Å²) in [5.74, 6) is 0.465. The van der Waals surface area contributed by atoms with Gasteiger partial charge in [0.1, 0.15) is 0 Å². The third-order valence-corrected chi connectivity index (χ3v) is 2.74. The topological polar surface area (TPSA) is 54.0 Å². The van der Waals surface area contributed by atoms with E-state index in [0.717, 1.165) is 18.7 Å². The van der Waals surface area contributed by atoms with Crippen molar-refractivity contribution in [1.29, 1.82) is 0 Å². The van der Waals surface area contributed by atoms with Crippen LogP contribution in [0.15, 0.2) is 18.5 Å². The summed E-state index contributed by atoms with van der Waals surface area (Å²) in [6.07, 6.45) is 4.39. The number of aromatic nitrogens is 1. The first-order valence-electron chi connectivity index (χ1n) is 6.15. The minimum Gasteiger partial charge on any atom is -0.383 e. The standard InChI is InChI=1S/C13H21N3O/c1-4-10(3)8-16-13(17)11-6-7-14-9-12(11)15-5-2/h6-7,9-10,15H,4-5,8H2,1-3H3,(H,16,17). The van der Waals surface area contributed by atoms with E-state index in [9.17, 15) is 4.79 Å². The second-order valence-corrected chi connectivity index (χ2v) is 4.18. The van der Waals surface area contributed by atoms with Crippen molar-refractivity contribution >= 4 is 11.6 Å². The van der Waals surface area contributed by atoms with Gasteiger partial charge in [-0.2, -0.15) is 0 Å². The van der Waals surface area contributed by atoms with Crippen LogP contribution in [0.2, 0.25) is 0 Å². The molecule has 1 aromatic heterocycles. The SMILES string of the molecule is CCNc1cnccc1C(=O)NCC(C)CC. The number of carbonyl (C=O) groups excluding carboxylic acids is 1. The van der Waals surface area contributed by atoms with E-state index < -0.39 is 0 Å². The molecule has 0 spiro atoms. The van der Waals surface area contributed by atoms with Gasteiger partial charge in [-0.15, -0.1) is 0 Å². The predicted molar refractivity (Wildman–Crippen MR) is 70.2 cm³/mol. The highest BCUT2D eigenvalue weighted by molar-refractivity contribution is 5.99. The smallest absolute Gasteiger partial charge is 0.253 e. The number of hydrogen-bond acceptors (Lipinski definition) is 3. The van der Waals surface area contributed by atoms with Crippen LogP contribution in [0.3, 0.4) is 0 Å². The van der Waals surface area contributed by atoms with Gasteiger partial charge in [-0.3, -0.25) is 9.78 Å². The lowest BCUT2D eigenvalue weighted by Gasteiger charge is -2.12. The molecule has 94 valence electrons. The average Bonchev–Trinajstić information content (AvgIpc) is 2.36. The molecule has 0 aliphatic heterocycles. The van der Waals surface area contributed by atoms with Crippen molar-refractivity contribution in [3.05, 3.63) is 24.0 Å². The molecule has 1 heterocycles. The largest absolute Gasteiger partial charge is 0.383 e. The molecule has 17 heavy (non-hydrogen) atoms. The van der Waals surface area contributed by atoms with Gasteiger partial charge in [0.25, 0.3) is 5.91 Å². The molecule has 0 saturated heterocycles. The van der Waals surface area contributed by atoms with Gasteiger partial charge in [0.05, 0.1) is 17.4 Å². The zero-order chi connectivity index (χ0) is 12.7. The van der Waals surface area contributed by atoms with Gasteiger partial charge in [-0.25, -0.2) is 0 Å². The predicted octanol–water partition coefficient (Wildman–Crippen LogP) is 2.29. The molecule has 0 fully saturated rings. The van der Waals surface area contributed by atoms with Crippen molar-refractivity contribution in [2.24, 2.45) is 5.92 Å². The van der Waals surface area contributed by atoms with E-state index >= 15 is 0 Å². The van der Waals surface area contributed by atoms with Crippen LogP contribution in [0.4, 0.5) is 5.69 Å². The fraction of sp³-hybridized carbons (Fsp3) is 0.538. The summed E-state index contributed by atoms with van der Waals surface area (Å²) in [4.78, 5) is 16.0. The van der Waals surface area contributed by atoms with Crippen LogP contribution in [0.25, 0.3) is 0 Å². The molecular weight excluding hydrogens is 214 g/mol. The van der Waals surface area contributed by atoms with Crippen LogP contribution < -0.4 is 10.6 Å². The molecule has 0 radical (unpaired) electrons. The van der Waals surface area contributed by atoms with E-state index in [1.807, 2.05) is 6.92 Å². The lowest BCUT2D eigenvalue weighted by molar-refractivity contribution is 0.0948. The highest BCUT2D eigenvalue weighted by atomic mass is 16.1. The van der Waals surface area contributed by atoms with E-state index in [4.69, 9.17) is 0 Å². The van der Waals surface area contributed by atoms with Gasteiger partial charge in [-0.05, 0) is 18.9 Å².